The third-order valence-corrected chi connectivity index (χ3v) is 4.71. The Bertz CT molecular complexity index is 491. The molecule has 2 aliphatic rings. The zero-order valence-electron chi connectivity index (χ0n) is 11.5. The summed E-state index contributed by atoms with van der Waals surface area (Å²) in [6.07, 6.45) is 3.97. The molecule has 0 aromatic heterocycles. The Labute approximate surface area is 124 Å². The number of benzene rings is 1. The average molecular weight is 294 g/mol. The highest BCUT2D eigenvalue weighted by Gasteiger charge is 2.29. The molecule has 108 valence electrons. The monoisotopic (exact) mass is 293 g/mol. The minimum Gasteiger partial charge on any atom is -0.493 e. The van der Waals surface area contributed by atoms with Crippen LogP contribution in [0.2, 0.25) is 0 Å². The van der Waals surface area contributed by atoms with E-state index in [1.54, 1.807) is 0 Å². The van der Waals surface area contributed by atoms with Crippen LogP contribution in [0.5, 0.6) is 5.75 Å². The van der Waals surface area contributed by atoms with Crippen LogP contribution < -0.4 is 10.1 Å². The van der Waals surface area contributed by atoms with Crippen LogP contribution in [0.25, 0.3) is 0 Å². The zero-order valence-corrected chi connectivity index (χ0v) is 12.2. The van der Waals surface area contributed by atoms with Crippen LogP contribution in [-0.4, -0.2) is 24.4 Å². The molecule has 0 saturated heterocycles. The van der Waals surface area contributed by atoms with Crippen molar-refractivity contribution in [1.82, 2.24) is 5.32 Å². The summed E-state index contributed by atoms with van der Waals surface area (Å²) < 4.78 is 5.60. The van der Waals surface area contributed by atoms with Gasteiger partial charge >= 0.3 is 0 Å². The lowest BCUT2D eigenvalue weighted by atomic mass is 9.92. The van der Waals surface area contributed by atoms with Crippen molar-refractivity contribution in [3.63, 3.8) is 0 Å². The molecule has 1 N–H and O–H groups in total. The lowest BCUT2D eigenvalue weighted by molar-refractivity contribution is -0.123. The van der Waals surface area contributed by atoms with E-state index < -0.39 is 0 Å². The first-order valence-corrected chi connectivity index (χ1v) is 7.81. The van der Waals surface area contributed by atoms with E-state index in [2.05, 4.69) is 5.32 Å². The molecule has 0 spiro atoms. The molecule has 1 fully saturated rings. The van der Waals surface area contributed by atoms with Gasteiger partial charge in [0.15, 0.2) is 0 Å². The molecule has 0 radical (unpaired) electrons. The Kier molecular flexibility index (Phi) is 4.16. The summed E-state index contributed by atoms with van der Waals surface area (Å²) in [5, 5.41) is 3.39. The number of hydrogen-bond acceptors (Lipinski definition) is 2. The highest BCUT2D eigenvalue weighted by atomic mass is 35.5. The van der Waals surface area contributed by atoms with E-state index in [9.17, 15) is 4.79 Å². The van der Waals surface area contributed by atoms with Crippen LogP contribution in [0.4, 0.5) is 0 Å². The fourth-order valence-electron chi connectivity index (χ4n) is 3.18. The first-order valence-electron chi connectivity index (χ1n) is 7.37. The summed E-state index contributed by atoms with van der Waals surface area (Å²) in [5.41, 5.74) is 1.01. The standard InChI is InChI=1S/C16H20ClNO2/c17-12-6-5-11(9-12)10-18-16(19)14-7-8-20-15-4-2-1-3-13(14)15/h1-4,11-12,14H,5-10H2,(H,18,19). The molecule has 3 unspecified atom stereocenters. The Morgan fingerprint density at radius 2 is 2.15 bits per heavy atom. The smallest absolute Gasteiger partial charge is 0.227 e. The quantitative estimate of drug-likeness (QED) is 0.870. The number of alkyl halides is 1. The van der Waals surface area contributed by atoms with E-state index in [1.807, 2.05) is 24.3 Å². The van der Waals surface area contributed by atoms with Crippen molar-refractivity contribution in [2.75, 3.05) is 13.2 Å². The molecule has 1 heterocycles. The molecule has 0 bridgehead atoms. The molecule has 1 amide bonds. The zero-order chi connectivity index (χ0) is 13.9. The van der Waals surface area contributed by atoms with Crippen molar-refractivity contribution in [2.24, 2.45) is 5.92 Å². The molecule has 3 rings (SSSR count). The van der Waals surface area contributed by atoms with Crippen LogP contribution >= 0.6 is 11.6 Å². The highest BCUT2D eigenvalue weighted by Crippen LogP contribution is 2.34. The SMILES string of the molecule is O=C(NCC1CCC(Cl)C1)C1CCOc2ccccc21. The molecule has 1 aliphatic carbocycles. The van der Waals surface area contributed by atoms with Crippen LogP contribution in [0.15, 0.2) is 24.3 Å². The highest BCUT2D eigenvalue weighted by molar-refractivity contribution is 6.20. The molecule has 3 atom stereocenters. The molecule has 1 aromatic carbocycles. The van der Waals surface area contributed by atoms with Crippen molar-refractivity contribution in [1.29, 1.82) is 0 Å². The molecule has 20 heavy (non-hydrogen) atoms. The summed E-state index contributed by atoms with van der Waals surface area (Å²) in [6, 6.07) is 7.83. The van der Waals surface area contributed by atoms with Gasteiger partial charge in [-0.15, -0.1) is 11.6 Å². The third-order valence-electron chi connectivity index (χ3n) is 4.32. The second-order valence-electron chi connectivity index (χ2n) is 5.75. The van der Waals surface area contributed by atoms with Crippen molar-refractivity contribution >= 4 is 17.5 Å². The van der Waals surface area contributed by atoms with E-state index in [0.717, 1.165) is 43.5 Å². The second-order valence-corrected chi connectivity index (χ2v) is 6.37. The first kappa shape index (κ1) is 13.7. The molecular formula is C16H20ClNO2. The minimum absolute atomic E-state index is 0.0758. The number of halogens is 1. The fourth-order valence-corrected chi connectivity index (χ4v) is 3.56. The minimum atomic E-state index is -0.0758. The van der Waals surface area contributed by atoms with Gasteiger partial charge in [-0.25, -0.2) is 0 Å². The van der Waals surface area contributed by atoms with Crippen molar-refractivity contribution in [2.45, 2.75) is 37.0 Å². The fraction of sp³-hybridized carbons (Fsp3) is 0.562. The molecule has 1 aromatic rings. The first-order chi connectivity index (χ1) is 9.74. The maximum atomic E-state index is 12.4. The molecule has 4 heteroatoms. The topological polar surface area (TPSA) is 38.3 Å². The van der Waals surface area contributed by atoms with Crippen LogP contribution in [0.1, 0.15) is 37.2 Å². The largest absolute Gasteiger partial charge is 0.493 e. The van der Waals surface area contributed by atoms with Crippen LogP contribution in [-0.2, 0) is 4.79 Å². The third kappa shape index (κ3) is 2.93. The number of carbonyl (C=O) groups is 1. The molecule has 1 aliphatic heterocycles. The van der Waals surface area contributed by atoms with Crippen LogP contribution in [0.3, 0.4) is 0 Å². The normalized spacial score (nSPS) is 28.6. The second kappa shape index (κ2) is 6.04. The van der Waals surface area contributed by atoms with E-state index in [4.69, 9.17) is 16.3 Å². The Morgan fingerprint density at radius 1 is 1.30 bits per heavy atom. The van der Waals surface area contributed by atoms with Gasteiger partial charge in [-0.05, 0) is 37.7 Å². The number of nitrogens with one attached hydrogen (secondary N) is 1. The maximum Gasteiger partial charge on any atom is 0.227 e. The van der Waals surface area contributed by atoms with E-state index in [-0.39, 0.29) is 11.8 Å². The van der Waals surface area contributed by atoms with Crippen molar-refractivity contribution in [3.8, 4) is 5.75 Å². The summed E-state index contributed by atoms with van der Waals surface area (Å²) in [5.74, 6) is 1.43. The van der Waals surface area contributed by atoms with Crippen LogP contribution in [0, 0.1) is 5.92 Å². The van der Waals surface area contributed by atoms with Crippen molar-refractivity contribution < 1.29 is 9.53 Å². The predicted octanol–water partition coefficient (Wildman–Crippen LogP) is 3.08. The van der Waals surface area contributed by atoms with E-state index >= 15 is 0 Å². The number of ether oxygens (including phenoxy) is 1. The Balaban J connectivity index is 1.60. The number of carbonyl (C=O) groups excluding carboxylic acids is 1. The lowest BCUT2D eigenvalue weighted by Gasteiger charge is -2.25. The summed E-state index contributed by atoms with van der Waals surface area (Å²) >= 11 is 6.11. The lowest BCUT2D eigenvalue weighted by Crippen LogP contribution is -2.35. The maximum absolute atomic E-state index is 12.4. The van der Waals surface area contributed by atoms with Gasteiger partial charge in [0.05, 0.1) is 12.5 Å². The predicted molar refractivity (Wildman–Crippen MR) is 79.3 cm³/mol. The summed E-state index contributed by atoms with van der Waals surface area (Å²) in [4.78, 5) is 12.4. The van der Waals surface area contributed by atoms with E-state index in [1.165, 1.54) is 0 Å². The van der Waals surface area contributed by atoms with Gasteiger partial charge in [-0.1, -0.05) is 18.2 Å². The van der Waals surface area contributed by atoms with Gasteiger partial charge in [0, 0.05) is 17.5 Å². The Morgan fingerprint density at radius 3 is 2.95 bits per heavy atom. The van der Waals surface area contributed by atoms with Crippen molar-refractivity contribution in [3.05, 3.63) is 29.8 Å². The number of hydrogen-bond donors (Lipinski definition) is 1. The number of rotatable bonds is 3. The molecule has 3 nitrogen and oxygen atoms in total. The molecular weight excluding hydrogens is 274 g/mol. The summed E-state index contributed by atoms with van der Waals surface area (Å²) in [7, 11) is 0. The van der Waals surface area contributed by atoms with Gasteiger partial charge in [0.2, 0.25) is 5.91 Å². The van der Waals surface area contributed by atoms with Gasteiger partial charge in [0.1, 0.15) is 5.75 Å². The van der Waals surface area contributed by atoms with Gasteiger partial charge < -0.3 is 10.1 Å². The molecule has 1 saturated carbocycles. The van der Waals surface area contributed by atoms with E-state index in [0.29, 0.717) is 17.9 Å². The van der Waals surface area contributed by atoms with Gasteiger partial charge in [-0.2, -0.15) is 0 Å². The Hall–Kier alpha value is -1.22. The number of fused-ring (bicyclic) bond motifs is 1. The average Bonchev–Trinajstić information content (AvgIpc) is 2.90. The number of para-hydroxylation sites is 1. The van der Waals surface area contributed by atoms with Gasteiger partial charge in [-0.3, -0.25) is 4.79 Å². The summed E-state index contributed by atoms with van der Waals surface area (Å²) in [6.45, 7) is 1.36. The van der Waals surface area contributed by atoms with Gasteiger partial charge in [0.25, 0.3) is 0 Å². The number of amides is 1.